The molecular formula is C18H15ClN2O3S2. The zero-order chi connectivity index (χ0) is 18.5. The predicted octanol–water partition coefficient (Wildman–Crippen LogP) is 4.55. The van der Waals surface area contributed by atoms with Crippen LogP contribution < -0.4 is 5.32 Å². The van der Waals surface area contributed by atoms with Gasteiger partial charge in [-0.05, 0) is 36.8 Å². The second kappa shape index (κ2) is 8.53. The molecule has 0 spiro atoms. The minimum Gasteiger partial charge on any atom is -0.465 e. The maximum atomic E-state index is 12.4. The van der Waals surface area contributed by atoms with Crippen molar-refractivity contribution in [3.63, 3.8) is 0 Å². The van der Waals surface area contributed by atoms with E-state index in [-0.39, 0.29) is 18.2 Å². The first kappa shape index (κ1) is 18.7. The number of thioether (sulfide) groups is 1. The number of carbonyl (C=O) groups is 2. The van der Waals surface area contributed by atoms with Crippen molar-refractivity contribution in [2.45, 2.75) is 12.8 Å². The molecule has 0 unspecified atom stereocenters. The molecule has 2 heterocycles. The van der Waals surface area contributed by atoms with Crippen molar-refractivity contribution in [2.24, 2.45) is 0 Å². The highest BCUT2D eigenvalue weighted by Gasteiger charge is 2.31. The number of nitrogens with one attached hydrogen (secondary N) is 1. The van der Waals surface area contributed by atoms with Crippen LogP contribution in [0.15, 0.2) is 52.0 Å². The highest BCUT2D eigenvalue weighted by atomic mass is 35.5. The van der Waals surface area contributed by atoms with E-state index in [9.17, 15) is 9.59 Å². The second-order valence-electron chi connectivity index (χ2n) is 5.51. The van der Waals surface area contributed by atoms with E-state index in [1.807, 2.05) is 0 Å². The van der Waals surface area contributed by atoms with Gasteiger partial charge in [0.05, 0.1) is 11.2 Å². The number of rotatable bonds is 6. The SMILES string of the molecule is O=C(CCCN1C(=O)/C(=C\c2ccco2)SC1=S)Nc1cccc(Cl)c1. The average molecular weight is 407 g/mol. The lowest BCUT2D eigenvalue weighted by Crippen LogP contribution is -2.29. The second-order valence-corrected chi connectivity index (χ2v) is 7.62. The van der Waals surface area contributed by atoms with Gasteiger partial charge in [0.2, 0.25) is 5.91 Å². The molecule has 0 atom stereocenters. The summed E-state index contributed by atoms with van der Waals surface area (Å²) in [4.78, 5) is 26.5. The van der Waals surface area contributed by atoms with E-state index < -0.39 is 0 Å². The first-order chi connectivity index (χ1) is 12.5. The molecule has 0 bridgehead atoms. The van der Waals surface area contributed by atoms with Crippen LogP contribution in [0.4, 0.5) is 5.69 Å². The Balaban J connectivity index is 1.51. The molecule has 1 aliphatic rings. The summed E-state index contributed by atoms with van der Waals surface area (Å²) in [5, 5.41) is 3.34. The number of thiocarbonyl (C=S) groups is 1. The quantitative estimate of drug-likeness (QED) is 0.563. The van der Waals surface area contributed by atoms with Crippen molar-refractivity contribution in [3.8, 4) is 0 Å². The van der Waals surface area contributed by atoms with Crippen LogP contribution >= 0.6 is 35.6 Å². The predicted molar refractivity (Wildman–Crippen MR) is 108 cm³/mol. The molecule has 1 aromatic carbocycles. The fourth-order valence-electron chi connectivity index (χ4n) is 2.38. The molecule has 1 aliphatic heterocycles. The lowest BCUT2D eigenvalue weighted by molar-refractivity contribution is -0.122. The largest absolute Gasteiger partial charge is 0.465 e. The number of benzene rings is 1. The molecule has 0 radical (unpaired) electrons. The third-order valence-electron chi connectivity index (χ3n) is 3.58. The van der Waals surface area contributed by atoms with Crippen LogP contribution in [-0.4, -0.2) is 27.6 Å². The van der Waals surface area contributed by atoms with Gasteiger partial charge in [0.15, 0.2) is 0 Å². The Morgan fingerprint density at radius 2 is 2.19 bits per heavy atom. The normalized spacial score (nSPS) is 15.7. The minimum atomic E-state index is -0.161. The smallest absolute Gasteiger partial charge is 0.266 e. The van der Waals surface area contributed by atoms with Gasteiger partial charge in [-0.3, -0.25) is 14.5 Å². The van der Waals surface area contributed by atoms with Gasteiger partial charge >= 0.3 is 0 Å². The van der Waals surface area contributed by atoms with Crippen LogP contribution in [0.1, 0.15) is 18.6 Å². The van der Waals surface area contributed by atoms with Gasteiger partial charge in [0, 0.05) is 29.8 Å². The number of furan rings is 1. The molecule has 134 valence electrons. The van der Waals surface area contributed by atoms with Gasteiger partial charge in [0.1, 0.15) is 10.1 Å². The van der Waals surface area contributed by atoms with Crippen molar-refractivity contribution in [1.29, 1.82) is 0 Å². The van der Waals surface area contributed by atoms with Gasteiger partial charge in [-0.15, -0.1) is 0 Å². The maximum absolute atomic E-state index is 12.4. The summed E-state index contributed by atoms with van der Waals surface area (Å²) in [6, 6.07) is 10.5. The van der Waals surface area contributed by atoms with Crippen molar-refractivity contribution in [1.82, 2.24) is 4.90 Å². The Labute approximate surface area is 165 Å². The summed E-state index contributed by atoms with van der Waals surface area (Å²) in [5.41, 5.74) is 0.648. The standard InChI is InChI=1S/C18H15ClN2O3S2/c19-12-4-1-5-13(10-12)20-16(22)7-2-8-21-17(23)15(26-18(21)25)11-14-6-3-9-24-14/h1,3-6,9-11H,2,7-8H2,(H,20,22)/b15-11+. The Morgan fingerprint density at radius 3 is 2.92 bits per heavy atom. The molecular weight excluding hydrogens is 392 g/mol. The van der Waals surface area contributed by atoms with Crippen LogP contribution in [0, 0.1) is 0 Å². The third-order valence-corrected chi connectivity index (χ3v) is 5.20. The Hall–Kier alpha value is -2.09. The van der Waals surface area contributed by atoms with Crippen LogP contribution in [0.5, 0.6) is 0 Å². The summed E-state index contributed by atoms with van der Waals surface area (Å²) in [6.07, 6.45) is 4.00. The number of anilines is 1. The van der Waals surface area contributed by atoms with Crippen molar-refractivity contribution in [3.05, 3.63) is 58.3 Å². The topological polar surface area (TPSA) is 62.6 Å². The van der Waals surface area contributed by atoms with E-state index in [1.165, 1.54) is 16.7 Å². The van der Waals surface area contributed by atoms with E-state index in [1.54, 1.807) is 48.7 Å². The fourth-order valence-corrected chi connectivity index (χ4v) is 3.86. The third kappa shape index (κ3) is 4.75. The van der Waals surface area contributed by atoms with Gasteiger partial charge in [-0.25, -0.2) is 0 Å². The van der Waals surface area contributed by atoms with Crippen LogP contribution in [-0.2, 0) is 9.59 Å². The van der Waals surface area contributed by atoms with E-state index in [2.05, 4.69) is 5.32 Å². The molecule has 1 N–H and O–H groups in total. The van der Waals surface area contributed by atoms with Gasteiger partial charge in [-0.2, -0.15) is 0 Å². The molecule has 2 aromatic rings. The van der Waals surface area contributed by atoms with Crippen molar-refractivity contribution >= 4 is 63.5 Å². The lowest BCUT2D eigenvalue weighted by Gasteiger charge is -2.14. The molecule has 5 nitrogen and oxygen atoms in total. The van der Waals surface area contributed by atoms with Crippen molar-refractivity contribution < 1.29 is 14.0 Å². The van der Waals surface area contributed by atoms with Crippen LogP contribution in [0.2, 0.25) is 5.02 Å². The molecule has 3 rings (SSSR count). The zero-order valence-electron chi connectivity index (χ0n) is 13.6. The van der Waals surface area contributed by atoms with E-state index >= 15 is 0 Å². The Bertz CT molecular complexity index is 865. The van der Waals surface area contributed by atoms with Crippen LogP contribution in [0.25, 0.3) is 6.08 Å². The molecule has 8 heteroatoms. The van der Waals surface area contributed by atoms with E-state index in [0.29, 0.717) is 38.7 Å². The molecule has 1 fully saturated rings. The van der Waals surface area contributed by atoms with Gasteiger partial charge < -0.3 is 9.73 Å². The fraction of sp³-hybridized carbons (Fsp3) is 0.167. The zero-order valence-corrected chi connectivity index (χ0v) is 16.0. The van der Waals surface area contributed by atoms with Crippen molar-refractivity contribution in [2.75, 3.05) is 11.9 Å². The van der Waals surface area contributed by atoms with Gasteiger partial charge in [0.25, 0.3) is 5.91 Å². The Kier molecular flexibility index (Phi) is 6.13. The molecule has 0 saturated carbocycles. The number of amides is 2. The number of hydrogen-bond acceptors (Lipinski definition) is 5. The minimum absolute atomic E-state index is 0.135. The van der Waals surface area contributed by atoms with Gasteiger partial charge in [-0.1, -0.05) is 41.6 Å². The van der Waals surface area contributed by atoms with E-state index in [0.717, 1.165) is 0 Å². The summed E-state index contributed by atoms with van der Waals surface area (Å²) in [5.74, 6) is 0.307. The number of hydrogen-bond donors (Lipinski definition) is 1. The lowest BCUT2D eigenvalue weighted by atomic mass is 10.2. The first-order valence-electron chi connectivity index (χ1n) is 7.87. The first-order valence-corrected chi connectivity index (χ1v) is 9.47. The van der Waals surface area contributed by atoms with Crippen LogP contribution in [0.3, 0.4) is 0 Å². The monoisotopic (exact) mass is 406 g/mol. The summed E-state index contributed by atoms with van der Waals surface area (Å²) >= 11 is 12.4. The molecule has 26 heavy (non-hydrogen) atoms. The number of halogens is 1. The molecule has 0 aliphatic carbocycles. The average Bonchev–Trinajstić information content (AvgIpc) is 3.19. The highest BCUT2D eigenvalue weighted by Crippen LogP contribution is 2.32. The summed E-state index contributed by atoms with van der Waals surface area (Å²) in [7, 11) is 0. The molecule has 1 saturated heterocycles. The molecule has 2 amide bonds. The number of carbonyl (C=O) groups excluding carboxylic acids is 2. The Morgan fingerprint density at radius 1 is 1.35 bits per heavy atom. The highest BCUT2D eigenvalue weighted by molar-refractivity contribution is 8.26. The summed E-state index contributed by atoms with van der Waals surface area (Å²) < 4.78 is 5.71. The molecule has 1 aromatic heterocycles. The number of nitrogens with zero attached hydrogens (tertiary/aromatic N) is 1. The summed E-state index contributed by atoms with van der Waals surface area (Å²) in [6.45, 7) is 0.392. The van der Waals surface area contributed by atoms with E-state index in [4.69, 9.17) is 28.2 Å². The maximum Gasteiger partial charge on any atom is 0.266 e.